The first-order valence-corrected chi connectivity index (χ1v) is 5.61. The van der Waals surface area contributed by atoms with Gasteiger partial charge in [0.2, 0.25) is 0 Å². The van der Waals surface area contributed by atoms with E-state index in [1.807, 2.05) is 18.2 Å². The highest BCUT2D eigenvalue weighted by Crippen LogP contribution is 2.27. The van der Waals surface area contributed by atoms with Crippen LogP contribution in [0.4, 0.5) is 11.4 Å². The van der Waals surface area contributed by atoms with Crippen molar-refractivity contribution in [3.8, 4) is 17.6 Å². The number of aromatic nitrogens is 1. The van der Waals surface area contributed by atoms with Gasteiger partial charge in [-0.15, -0.1) is 0 Å². The Bertz CT molecular complexity index is 581. The molecule has 0 bridgehead atoms. The van der Waals surface area contributed by atoms with Crippen LogP contribution in [0, 0.1) is 11.3 Å². The van der Waals surface area contributed by atoms with Crippen LogP contribution >= 0.6 is 0 Å². The molecule has 0 saturated heterocycles. The second-order valence-corrected chi connectivity index (χ2v) is 3.77. The maximum absolute atomic E-state index is 8.69. The summed E-state index contributed by atoms with van der Waals surface area (Å²) in [6.07, 6.45) is 1.60. The van der Waals surface area contributed by atoms with Crippen LogP contribution in [0.15, 0.2) is 36.5 Å². The molecule has 0 amide bonds. The molecule has 0 fully saturated rings. The Labute approximate surface area is 111 Å². The quantitative estimate of drug-likeness (QED) is 0.909. The zero-order valence-electron chi connectivity index (χ0n) is 10.7. The van der Waals surface area contributed by atoms with E-state index >= 15 is 0 Å². The topological polar surface area (TPSA) is 67.2 Å². The second-order valence-electron chi connectivity index (χ2n) is 3.77. The van der Waals surface area contributed by atoms with E-state index in [9.17, 15) is 0 Å². The van der Waals surface area contributed by atoms with Crippen LogP contribution in [-0.2, 0) is 0 Å². The maximum atomic E-state index is 8.69. The predicted octanol–water partition coefficient (Wildman–Crippen LogP) is 2.71. The highest BCUT2D eigenvalue weighted by Gasteiger charge is 2.02. The fourth-order valence-corrected chi connectivity index (χ4v) is 1.58. The highest BCUT2D eigenvalue weighted by molar-refractivity contribution is 5.63. The van der Waals surface area contributed by atoms with E-state index in [1.165, 1.54) is 0 Å². The Balaban J connectivity index is 2.24. The van der Waals surface area contributed by atoms with E-state index in [2.05, 4.69) is 10.3 Å². The molecule has 1 heterocycles. The van der Waals surface area contributed by atoms with Gasteiger partial charge in [-0.1, -0.05) is 0 Å². The number of nitrogens with zero attached hydrogens (tertiary/aromatic N) is 2. The van der Waals surface area contributed by atoms with Crippen molar-refractivity contribution in [1.29, 1.82) is 5.26 Å². The van der Waals surface area contributed by atoms with Crippen molar-refractivity contribution in [3.05, 3.63) is 42.2 Å². The van der Waals surface area contributed by atoms with Gasteiger partial charge in [0.1, 0.15) is 23.3 Å². The van der Waals surface area contributed by atoms with Crippen molar-refractivity contribution in [2.45, 2.75) is 0 Å². The van der Waals surface area contributed by atoms with Crippen molar-refractivity contribution in [3.63, 3.8) is 0 Å². The molecule has 0 unspecified atom stereocenters. The van der Waals surface area contributed by atoms with Crippen LogP contribution in [-0.4, -0.2) is 19.2 Å². The monoisotopic (exact) mass is 255 g/mol. The molecular formula is C14H13N3O2. The number of pyridine rings is 1. The Morgan fingerprint density at radius 1 is 1.05 bits per heavy atom. The number of nitriles is 1. The zero-order chi connectivity index (χ0) is 13.7. The molecule has 0 radical (unpaired) electrons. The first-order valence-electron chi connectivity index (χ1n) is 5.61. The SMILES string of the molecule is COc1cc(Nc2ccc(C#N)nc2)cc(OC)c1. The molecular weight excluding hydrogens is 242 g/mol. The third-order valence-electron chi connectivity index (χ3n) is 2.52. The molecule has 2 rings (SSSR count). The molecule has 19 heavy (non-hydrogen) atoms. The maximum Gasteiger partial charge on any atom is 0.140 e. The minimum absolute atomic E-state index is 0.383. The summed E-state index contributed by atoms with van der Waals surface area (Å²) in [4.78, 5) is 3.99. The Kier molecular flexibility index (Phi) is 3.84. The van der Waals surface area contributed by atoms with Crippen molar-refractivity contribution in [2.24, 2.45) is 0 Å². The van der Waals surface area contributed by atoms with Gasteiger partial charge in [0.15, 0.2) is 0 Å². The van der Waals surface area contributed by atoms with Gasteiger partial charge in [0.25, 0.3) is 0 Å². The minimum atomic E-state index is 0.383. The van der Waals surface area contributed by atoms with Gasteiger partial charge >= 0.3 is 0 Å². The van der Waals surface area contributed by atoms with Crippen molar-refractivity contribution >= 4 is 11.4 Å². The molecule has 0 aliphatic carbocycles. The summed E-state index contributed by atoms with van der Waals surface area (Å²) in [5.74, 6) is 1.40. The molecule has 0 spiro atoms. The number of rotatable bonds is 4. The third-order valence-corrected chi connectivity index (χ3v) is 2.52. The molecule has 96 valence electrons. The van der Waals surface area contributed by atoms with E-state index in [0.29, 0.717) is 17.2 Å². The van der Waals surface area contributed by atoms with E-state index in [1.54, 1.807) is 38.6 Å². The summed E-state index contributed by atoms with van der Waals surface area (Å²) < 4.78 is 10.4. The van der Waals surface area contributed by atoms with Gasteiger partial charge in [-0.3, -0.25) is 0 Å². The molecule has 1 N–H and O–H groups in total. The standard InChI is InChI=1S/C14H13N3O2/c1-18-13-5-12(6-14(7-13)19-2)17-11-4-3-10(8-15)16-9-11/h3-7,9,17H,1-2H3. The van der Waals surface area contributed by atoms with E-state index in [-0.39, 0.29) is 0 Å². The average molecular weight is 255 g/mol. The first-order chi connectivity index (χ1) is 9.25. The van der Waals surface area contributed by atoms with Crippen molar-refractivity contribution in [2.75, 3.05) is 19.5 Å². The van der Waals surface area contributed by atoms with Crippen LogP contribution in [0.2, 0.25) is 0 Å². The number of methoxy groups -OCH3 is 2. The molecule has 1 aromatic carbocycles. The summed E-state index contributed by atoms with van der Waals surface area (Å²) >= 11 is 0. The molecule has 2 aromatic rings. The average Bonchev–Trinajstić information content (AvgIpc) is 2.47. The van der Waals surface area contributed by atoms with Crippen LogP contribution in [0.1, 0.15) is 5.69 Å². The fraction of sp³-hybridized carbons (Fsp3) is 0.143. The van der Waals surface area contributed by atoms with Gasteiger partial charge in [-0.2, -0.15) is 5.26 Å². The minimum Gasteiger partial charge on any atom is -0.497 e. The van der Waals surface area contributed by atoms with Gasteiger partial charge in [-0.25, -0.2) is 4.98 Å². The Hall–Kier alpha value is -2.74. The summed E-state index contributed by atoms with van der Waals surface area (Å²) in [7, 11) is 3.20. The van der Waals surface area contributed by atoms with E-state index in [4.69, 9.17) is 14.7 Å². The Morgan fingerprint density at radius 2 is 1.74 bits per heavy atom. The van der Waals surface area contributed by atoms with Crippen LogP contribution in [0.25, 0.3) is 0 Å². The number of benzene rings is 1. The molecule has 0 aliphatic rings. The van der Waals surface area contributed by atoms with E-state index < -0.39 is 0 Å². The summed E-state index contributed by atoms with van der Waals surface area (Å²) in [6.45, 7) is 0. The second kappa shape index (κ2) is 5.74. The largest absolute Gasteiger partial charge is 0.497 e. The molecule has 0 aliphatic heterocycles. The predicted molar refractivity (Wildman–Crippen MR) is 71.8 cm³/mol. The Morgan fingerprint density at radius 3 is 2.21 bits per heavy atom. The van der Waals surface area contributed by atoms with Gasteiger partial charge in [0.05, 0.1) is 26.1 Å². The smallest absolute Gasteiger partial charge is 0.140 e. The number of anilines is 2. The number of hydrogen-bond donors (Lipinski definition) is 1. The highest BCUT2D eigenvalue weighted by atomic mass is 16.5. The lowest BCUT2D eigenvalue weighted by atomic mass is 10.2. The molecule has 0 saturated carbocycles. The van der Waals surface area contributed by atoms with Crippen LogP contribution in [0.3, 0.4) is 0 Å². The lowest BCUT2D eigenvalue weighted by Gasteiger charge is -2.10. The number of ether oxygens (including phenoxy) is 2. The summed E-state index contributed by atoms with van der Waals surface area (Å²) in [5.41, 5.74) is 1.99. The molecule has 5 nitrogen and oxygen atoms in total. The third kappa shape index (κ3) is 3.13. The van der Waals surface area contributed by atoms with Gasteiger partial charge in [-0.05, 0) is 12.1 Å². The number of nitrogens with one attached hydrogen (secondary N) is 1. The molecule has 0 atom stereocenters. The van der Waals surface area contributed by atoms with Gasteiger partial charge in [0, 0.05) is 23.9 Å². The molecule has 1 aromatic heterocycles. The van der Waals surface area contributed by atoms with Crippen molar-refractivity contribution < 1.29 is 9.47 Å². The summed E-state index contributed by atoms with van der Waals surface area (Å²) in [5, 5.41) is 11.9. The summed E-state index contributed by atoms with van der Waals surface area (Å²) in [6, 6.07) is 10.9. The van der Waals surface area contributed by atoms with E-state index in [0.717, 1.165) is 11.4 Å². The zero-order valence-corrected chi connectivity index (χ0v) is 10.7. The molecule has 5 heteroatoms. The lowest BCUT2D eigenvalue weighted by molar-refractivity contribution is 0.395. The fourth-order valence-electron chi connectivity index (χ4n) is 1.58. The van der Waals surface area contributed by atoms with Crippen LogP contribution < -0.4 is 14.8 Å². The first kappa shape index (κ1) is 12.7. The normalized spacial score (nSPS) is 9.53. The van der Waals surface area contributed by atoms with Crippen LogP contribution in [0.5, 0.6) is 11.5 Å². The number of hydrogen-bond acceptors (Lipinski definition) is 5. The lowest BCUT2D eigenvalue weighted by Crippen LogP contribution is -1.94. The van der Waals surface area contributed by atoms with Gasteiger partial charge < -0.3 is 14.8 Å². The van der Waals surface area contributed by atoms with Crippen molar-refractivity contribution in [1.82, 2.24) is 4.98 Å².